The highest BCUT2D eigenvalue weighted by Gasteiger charge is 2.09. The summed E-state index contributed by atoms with van der Waals surface area (Å²) in [5, 5.41) is 12.5. The van der Waals surface area contributed by atoms with E-state index < -0.39 is 5.97 Å². The zero-order chi connectivity index (χ0) is 12.1. The summed E-state index contributed by atoms with van der Waals surface area (Å²) in [6, 6.07) is 5.57. The van der Waals surface area contributed by atoms with Crippen molar-refractivity contribution in [2.75, 3.05) is 5.75 Å². The summed E-state index contributed by atoms with van der Waals surface area (Å²) in [4.78, 5) is 18.5. The summed E-state index contributed by atoms with van der Waals surface area (Å²) in [5.74, 6) is -0.512. The van der Waals surface area contributed by atoms with Crippen LogP contribution in [0.15, 0.2) is 34.1 Å². The predicted octanol–water partition coefficient (Wildman–Crippen LogP) is 1.23. The van der Waals surface area contributed by atoms with Crippen molar-refractivity contribution < 1.29 is 14.4 Å². The van der Waals surface area contributed by atoms with Crippen LogP contribution in [0.25, 0.3) is 0 Å². The first kappa shape index (κ1) is 11.6. The number of thioether (sulfide) groups is 1. The van der Waals surface area contributed by atoms with E-state index in [0.717, 1.165) is 17.5 Å². The number of hydrogen-bond donors (Lipinski definition) is 1. The smallest absolute Gasteiger partial charge is 0.314 e. The fraction of sp³-hybridized carbons (Fsp3) is 0.200. The minimum absolute atomic E-state index is 0.0920. The molecule has 2 aromatic heterocycles. The molecule has 0 unspecified atom stereocenters. The third-order valence-electron chi connectivity index (χ3n) is 1.83. The van der Waals surface area contributed by atoms with Gasteiger partial charge in [-0.25, -0.2) is 0 Å². The standard InChI is InChI=1S/C10H9N3O3S/c14-9(15)6-17-10-12-8(13-16-10)5-7-3-1-2-4-11-7/h1-4H,5-6H2,(H,14,15). The highest BCUT2D eigenvalue weighted by Crippen LogP contribution is 2.15. The Bertz CT molecular complexity index is 501. The number of rotatable bonds is 5. The monoisotopic (exact) mass is 251 g/mol. The molecule has 0 aliphatic heterocycles. The van der Waals surface area contributed by atoms with Crippen molar-refractivity contribution in [2.24, 2.45) is 0 Å². The Morgan fingerprint density at radius 1 is 1.47 bits per heavy atom. The van der Waals surface area contributed by atoms with E-state index in [2.05, 4.69) is 15.1 Å². The number of aliphatic carboxylic acids is 1. The molecule has 17 heavy (non-hydrogen) atoms. The second-order valence-electron chi connectivity index (χ2n) is 3.16. The minimum atomic E-state index is -0.917. The zero-order valence-corrected chi connectivity index (χ0v) is 9.55. The van der Waals surface area contributed by atoms with E-state index in [1.54, 1.807) is 6.20 Å². The molecule has 7 heteroatoms. The molecule has 0 radical (unpaired) electrons. The number of carbonyl (C=O) groups is 1. The van der Waals surface area contributed by atoms with Crippen LogP contribution in [0.2, 0.25) is 0 Å². The third-order valence-corrected chi connectivity index (χ3v) is 2.64. The zero-order valence-electron chi connectivity index (χ0n) is 8.74. The van der Waals surface area contributed by atoms with Gasteiger partial charge in [-0.05, 0) is 12.1 Å². The van der Waals surface area contributed by atoms with E-state index in [-0.39, 0.29) is 11.0 Å². The van der Waals surface area contributed by atoms with E-state index in [0.29, 0.717) is 12.2 Å². The van der Waals surface area contributed by atoms with Gasteiger partial charge in [0, 0.05) is 11.9 Å². The van der Waals surface area contributed by atoms with Crippen LogP contribution in [0.5, 0.6) is 0 Å². The van der Waals surface area contributed by atoms with Gasteiger partial charge in [0.2, 0.25) is 0 Å². The van der Waals surface area contributed by atoms with Crippen molar-refractivity contribution in [3.8, 4) is 0 Å². The number of carboxylic acids is 1. The van der Waals surface area contributed by atoms with Crippen molar-refractivity contribution >= 4 is 17.7 Å². The van der Waals surface area contributed by atoms with E-state index >= 15 is 0 Å². The average Bonchev–Trinajstić information content (AvgIpc) is 2.75. The number of pyridine rings is 1. The number of nitrogens with zero attached hydrogens (tertiary/aromatic N) is 3. The van der Waals surface area contributed by atoms with Crippen molar-refractivity contribution in [1.29, 1.82) is 0 Å². The molecule has 0 atom stereocenters. The largest absolute Gasteiger partial charge is 0.481 e. The van der Waals surface area contributed by atoms with Gasteiger partial charge in [0.25, 0.3) is 5.22 Å². The van der Waals surface area contributed by atoms with Crippen LogP contribution in [-0.4, -0.2) is 32.0 Å². The van der Waals surface area contributed by atoms with Gasteiger partial charge in [0.15, 0.2) is 5.82 Å². The minimum Gasteiger partial charge on any atom is -0.481 e. The number of hydrogen-bond acceptors (Lipinski definition) is 6. The van der Waals surface area contributed by atoms with Crippen LogP contribution >= 0.6 is 11.8 Å². The Labute approximate surface area is 101 Å². The first-order chi connectivity index (χ1) is 8.24. The molecule has 0 saturated heterocycles. The molecule has 0 aliphatic rings. The number of carboxylic acid groups (broad SMARTS) is 1. The highest BCUT2D eigenvalue weighted by molar-refractivity contribution is 7.99. The summed E-state index contributed by atoms with van der Waals surface area (Å²) >= 11 is 1.000. The van der Waals surface area contributed by atoms with Gasteiger partial charge in [-0.15, -0.1) is 0 Å². The second kappa shape index (κ2) is 5.44. The molecular formula is C10H9N3O3S. The fourth-order valence-electron chi connectivity index (χ4n) is 1.16. The van der Waals surface area contributed by atoms with Crippen LogP contribution in [0.4, 0.5) is 0 Å². The number of aromatic nitrogens is 3. The summed E-state index contributed by atoms with van der Waals surface area (Å²) < 4.78 is 4.90. The van der Waals surface area contributed by atoms with Gasteiger partial charge in [-0.3, -0.25) is 9.78 Å². The van der Waals surface area contributed by atoms with Gasteiger partial charge in [-0.2, -0.15) is 4.98 Å². The Kier molecular flexibility index (Phi) is 3.71. The lowest BCUT2D eigenvalue weighted by atomic mass is 10.3. The first-order valence-electron chi connectivity index (χ1n) is 4.81. The van der Waals surface area contributed by atoms with Gasteiger partial charge in [0.1, 0.15) is 5.75 Å². The second-order valence-corrected chi connectivity index (χ2v) is 4.08. The quantitative estimate of drug-likeness (QED) is 0.799. The van der Waals surface area contributed by atoms with Crippen LogP contribution < -0.4 is 0 Å². The molecule has 0 spiro atoms. The molecule has 0 amide bonds. The van der Waals surface area contributed by atoms with Crippen molar-refractivity contribution in [1.82, 2.24) is 15.1 Å². The molecule has 1 N–H and O–H groups in total. The van der Waals surface area contributed by atoms with Crippen molar-refractivity contribution in [3.63, 3.8) is 0 Å². The normalized spacial score (nSPS) is 10.4. The van der Waals surface area contributed by atoms with Crippen LogP contribution in [0.3, 0.4) is 0 Å². The van der Waals surface area contributed by atoms with Crippen molar-refractivity contribution in [2.45, 2.75) is 11.6 Å². The SMILES string of the molecule is O=C(O)CSc1nc(Cc2ccccn2)no1. The maximum atomic E-state index is 10.3. The van der Waals surface area contributed by atoms with Crippen LogP contribution in [0, 0.1) is 0 Å². The summed E-state index contributed by atoms with van der Waals surface area (Å²) in [5.41, 5.74) is 0.836. The predicted molar refractivity (Wildman–Crippen MR) is 59.7 cm³/mol. The summed E-state index contributed by atoms with van der Waals surface area (Å²) in [7, 11) is 0. The molecule has 2 aromatic rings. The Balaban J connectivity index is 1.97. The summed E-state index contributed by atoms with van der Waals surface area (Å²) in [6.45, 7) is 0. The maximum Gasteiger partial charge on any atom is 0.314 e. The molecule has 0 fully saturated rings. The van der Waals surface area contributed by atoms with E-state index in [1.165, 1.54) is 0 Å². The lowest BCUT2D eigenvalue weighted by Crippen LogP contribution is -1.97. The van der Waals surface area contributed by atoms with Gasteiger partial charge in [0.05, 0.1) is 6.42 Å². The lowest BCUT2D eigenvalue weighted by Gasteiger charge is -1.92. The van der Waals surface area contributed by atoms with Gasteiger partial charge in [-0.1, -0.05) is 23.0 Å². The van der Waals surface area contributed by atoms with E-state index in [4.69, 9.17) is 9.63 Å². The molecule has 88 valence electrons. The Morgan fingerprint density at radius 2 is 2.35 bits per heavy atom. The molecule has 0 aliphatic carbocycles. The molecule has 0 saturated carbocycles. The van der Waals surface area contributed by atoms with Gasteiger partial charge < -0.3 is 9.63 Å². The van der Waals surface area contributed by atoms with E-state index in [9.17, 15) is 4.79 Å². The Morgan fingerprint density at radius 3 is 3.06 bits per heavy atom. The first-order valence-corrected chi connectivity index (χ1v) is 5.79. The lowest BCUT2D eigenvalue weighted by molar-refractivity contribution is -0.133. The van der Waals surface area contributed by atoms with Crippen molar-refractivity contribution in [3.05, 3.63) is 35.9 Å². The molecule has 0 bridgehead atoms. The maximum absolute atomic E-state index is 10.3. The molecule has 6 nitrogen and oxygen atoms in total. The molecule has 2 heterocycles. The topological polar surface area (TPSA) is 89.1 Å². The highest BCUT2D eigenvalue weighted by atomic mass is 32.2. The Hall–Kier alpha value is -1.89. The third kappa shape index (κ3) is 3.56. The summed E-state index contributed by atoms with van der Waals surface area (Å²) in [6.07, 6.45) is 2.16. The molecular weight excluding hydrogens is 242 g/mol. The van der Waals surface area contributed by atoms with Crippen LogP contribution in [0.1, 0.15) is 11.5 Å². The fourth-order valence-corrected chi connectivity index (χ4v) is 1.66. The molecule has 2 rings (SSSR count). The van der Waals surface area contributed by atoms with E-state index in [1.807, 2.05) is 18.2 Å². The average molecular weight is 251 g/mol. The van der Waals surface area contributed by atoms with Gasteiger partial charge >= 0.3 is 5.97 Å². The van der Waals surface area contributed by atoms with Crippen LogP contribution in [-0.2, 0) is 11.2 Å². The molecule has 0 aromatic carbocycles.